The Labute approximate surface area is 300 Å². The van der Waals surface area contributed by atoms with Crippen LogP contribution >= 0.6 is 0 Å². The summed E-state index contributed by atoms with van der Waals surface area (Å²) < 4.78 is 13.0. The van der Waals surface area contributed by atoms with E-state index in [1.54, 1.807) is 0 Å². The summed E-state index contributed by atoms with van der Waals surface area (Å²) in [6, 6.07) is 42.5. The van der Waals surface area contributed by atoms with Crippen LogP contribution in [0.5, 0.6) is 0 Å². The van der Waals surface area contributed by atoms with Gasteiger partial charge in [-0.2, -0.15) is 0 Å². The van der Waals surface area contributed by atoms with Gasteiger partial charge in [-0.25, -0.2) is 15.0 Å². The molecule has 0 saturated heterocycles. The second-order valence-electron chi connectivity index (χ2n) is 15.8. The summed E-state index contributed by atoms with van der Waals surface area (Å²) in [7, 11) is 0. The molecule has 0 radical (unpaired) electrons. The van der Waals surface area contributed by atoms with Crippen LogP contribution < -0.4 is 0 Å². The fraction of sp³-hybridized carbons (Fsp3) is 0.213. The number of nitrogens with zero attached hydrogens (tertiary/aromatic N) is 3. The van der Waals surface area contributed by atoms with Gasteiger partial charge in [-0.3, -0.25) is 0 Å². The van der Waals surface area contributed by atoms with E-state index >= 15 is 0 Å². The van der Waals surface area contributed by atoms with E-state index in [0.717, 1.165) is 78.3 Å². The first-order valence-corrected chi connectivity index (χ1v) is 18.8. The van der Waals surface area contributed by atoms with Crippen molar-refractivity contribution in [2.24, 2.45) is 17.8 Å². The van der Waals surface area contributed by atoms with Crippen LogP contribution in [0.2, 0.25) is 0 Å². The summed E-state index contributed by atoms with van der Waals surface area (Å²) in [6.07, 6.45) is 8.27. The summed E-state index contributed by atoms with van der Waals surface area (Å²) in [5.74, 6) is 4.43. The monoisotopic (exact) mass is 673 g/mol. The lowest BCUT2D eigenvalue weighted by Crippen LogP contribution is -2.48. The number of para-hydroxylation sites is 4. The molecule has 0 aliphatic heterocycles. The average molecular weight is 674 g/mol. The number of hydrogen-bond acceptors (Lipinski definition) is 5. The molecule has 13 rings (SSSR count). The van der Waals surface area contributed by atoms with Gasteiger partial charge >= 0.3 is 0 Å². The molecule has 5 nitrogen and oxygen atoms in total. The molecule has 4 saturated carbocycles. The molecule has 0 N–H and O–H groups in total. The Morgan fingerprint density at radius 3 is 1.38 bits per heavy atom. The molecule has 0 atom stereocenters. The van der Waals surface area contributed by atoms with Crippen molar-refractivity contribution < 1.29 is 8.83 Å². The normalized spacial score (nSPS) is 22.4. The van der Waals surface area contributed by atoms with E-state index < -0.39 is 0 Å². The van der Waals surface area contributed by atoms with Crippen molar-refractivity contribution in [2.45, 2.75) is 43.9 Å². The van der Waals surface area contributed by atoms with E-state index in [9.17, 15) is 0 Å². The summed E-state index contributed by atoms with van der Waals surface area (Å²) >= 11 is 0. The lowest BCUT2D eigenvalue weighted by molar-refractivity contribution is -0.00449. The third-order valence-corrected chi connectivity index (χ3v) is 12.7. The number of benzene rings is 6. The van der Waals surface area contributed by atoms with E-state index in [0.29, 0.717) is 17.5 Å². The van der Waals surface area contributed by atoms with E-state index in [1.807, 2.05) is 24.3 Å². The van der Waals surface area contributed by atoms with E-state index in [1.165, 1.54) is 54.9 Å². The van der Waals surface area contributed by atoms with Crippen LogP contribution in [0.3, 0.4) is 0 Å². The van der Waals surface area contributed by atoms with E-state index in [-0.39, 0.29) is 5.41 Å². The highest BCUT2D eigenvalue weighted by Gasteiger charge is 2.52. The molecule has 3 aromatic heterocycles. The minimum atomic E-state index is 0.274. The molecule has 0 unspecified atom stereocenters. The molecule has 0 spiro atoms. The lowest BCUT2D eigenvalue weighted by atomic mass is 9.47. The molecular weight excluding hydrogens is 639 g/mol. The number of rotatable bonds is 4. The van der Waals surface area contributed by atoms with Crippen molar-refractivity contribution in [1.29, 1.82) is 0 Å². The Hall–Kier alpha value is -5.81. The van der Waals surface area contributed by atoms with Gasteiger partial charge in [0.1, 0.15) is 22.3 Å². The average Bonchev–Trinajstić information content (AvgIpc) is 3.75. The van der Waals surface area contributed by atoms with Crippen molar-refractivity contribution in [2.75, 3.05) is 0 Å². The molecule has 6 aromatic carbocycles. The predicted octanol–water partition coefficient (Wildman–Crippen LogP) is 12.3. The van der Waals surface area contributed by atoms with Gasteiger partial charge in [-0.1, -0.05) is 97.1 Å². The minimum Gasteiger partial charge on any atom is -0.455 e. The number of furan rings is 2. The maximum absolute atomic E-state index is 6.52. The summed E-state index contributed by atoms with van der Waals surface area (Å²) in [4.78, 5) is 15.8. The fourth-order valence-electron chi connectivity index (χ4n) is 11.0. The van der Waals surface area contributed by atoms with Crippen LogP contribution in [0.15, 0.2) is 130 Å². The maximum atomic E-state index is 6.52. The molecule has 5 heteroatoms. The van der Waals surface area contributed by atoms with Crippen molar-refractivity contribution in [3.8, 4) is 34.2 Å². The Kier molecular flexibility index (Phi) is 5.89. The SMILES string of the molecule is c1ccc2c(c1)oc1c(-c3nc(-c4ccc(C56CC7CC(CC(C7)C5)C6)c5ccccc45)nc(-c4cccc5c4oc4ccccc45)n3)cccc12. The van der Waals surface area contributed by atoms with Gasteiger partial charge in [-0.05, 0) is 102 Å². The zero-order chi connectivity index (χ0) is 34.0. The molecule has 4 bridgehead atoms. The van der Waals surface area contributed by atoms with Crippen molar-refractivity contribution in [1.82, 2.24) is 15.0 Å². The van der Waals surface area contributed by atoms with Gasteiger partial charge in [0.2, 0.25) is 0 Å². The molecule has 3 heterocycles. The summed E-state index contributed by atoms with van der Waals surface area (Å²) in [5.41, 5.74) is 7.73. The summed E-state index contributed by atoms with van der Waals surface area (Å²) in [6.45, 7) is 0. The van der Waals surface area contributed by atoms with E-state index in [4.69, 9.17) is 23.8 Å². The van der Waals surface area contributed by atoms with Crippen molar-refractivity contribution in [3.05, 3.63) is 127 Å². The standard InChI is InChI=1S/C47H35N3O2/c1-2-10-31-30(9-1)36(19-20-39(31)47-24-27-21-28(25-47)23-29(22-27)26-47)44-48-45(37-15-7-13-34-32-11-3-5-17-40(32)51-42(34)37)50-46(49-44)38-16-8-14-35-33-12-4-6-18-41(33)52-43(35)38/h1-20,27-29H,21-26H2. The van der Waals surface area contributed by atoms with Gasteiger partial charge < -0.3 is 8.83 Å². The molecule has 250 valence electrons. The van der Waals surface area contributed by atoms with Crippen LogP contribution in [0.25, 0.3) is 88.8 Å². The second-order valence-corrected chi connectivity index (χ2v) is 15.8. The lowest BCUT2D eigenvalue weighted by Gasteiger charge is -2.57. The highest BCUT2D eigenvalue weighted by Crippen LogP contribution is 2.61. The topological polar surface area (TPSA) is 65.0 Å². The largest absolute Gasteiger partial charge is 0.455 e. The van der Waals surface area contributed by atoms with Crippen molar-refractivity contribution >= 4 is 54.6 Å². The van der Waals surface area contributed by atoms with Crippen LogP contribution in [-0.2, 0) is 5.41 Å². The van der Waals surface area contributed by atoms with Crippen molar-refractivity contribution in [3.63, 3.8) is 0 Å². The Bertz CT molecular complexity index is 2750. The van der Waals surface area contributed by atoms with Gasteiger partial charge in [-0.15, -0.1) is 0 Å². The van der Waals surface area contributed by atoms with Gasteiger partial charge in [0, 0.05) is 27.1 Å². The fourth-order valence-corrected chi connectivity index (χ4v) is 11.0. The molecule has 4 fully saturated rings. The van der Waals surface area contributed by atoms with Gasteiger partial charge in [0.25, 0.3) is 0 Å². The molecule has 4 aliphatic rings. The molecule has 0 amide bonds. The first-order chi connectivity index (χ1) is 25.7. The molecular formula is C47H35N3O2. The number of aromatic nitrogens is 3. The van der Waals surface area contributed by atoms with Crippen LogP contribution in [0.4, 0.5) is 0 Å². The zero-order valence-electron chi connectivity index (χ0n) is 28.7. The molecule has 9 aromatic rings. The van der Waals surface area contributed by atoms with Crippen LogP contribution in [-0.4, -0.2) is 15.0 Å². The van der Waals surface area contributed by atoms with Gasteiger partial charge in [0.15, 0.2) is 17.5 Å². The molecule has 52 heavy (non-hydrogen) atoms. The zero-order valence-corrected chi connectivity index (χ0v) is 28.7. The highest BCUT2D eigenvalue weighted by atomic mass is 16.3. The Morgan fingerprint density at radius 1 is 0.404 bits per heavy atom. The first-order valence-electron chi connectivity index (χ1n) is 18.8. The Morgan fingerprint density at radius 2 is 0.846 bits per heavy atom. The maximum Gasteiger partial charge on any atom is 0.167 e. The summed E-state index contributed by atoms with van der Waals surface area (Å²) in [5, 5.41) is 6.77. The third-order valence-electron chi connectivity index (χ3n) is 12.7. The third kappa shape index (κ3) is 4.14. The minimum absolute atomic E-state index is 0.274. The van der Waals surface area contributed by atoms with Crippen LogP contribution in [0.1, 0.15) is 44.1 Å². The van der Waals surface area contributed by atoms with E-state index in [2.05, 4.69) is 97.1 Å². The Balaban J connectivity index is 1.11. The quantitative estimate of drug-likeness (QED) is 0.186. The molecule has 4 aliphatic carbocycles. The predicted molar refractivity (Wildman–Crippen MR) is 208 cm³/mol. The highest BCUT2D eigenvalue weighted by molar-refractivity contribution is 6.10. The number of hydrogen-bond donors (Lipinski definition) is 0. The van der Waals surface area contributed by atoms with Crippen LogP contribution in [0, 0.1) is 17.8 Å². The first kappa shape index (κ1) is 28.8. The number of fused-ring (bicyclic) bond motifs is 7. The second kappa shape index (κ2) is 10.6. The van der Waals surface area contributed by atoms with Gasteiger partial charge in [0.05, 0.1) is 11.1 Å². The smallest absolute Gasteiger partial charge is 0.167 e.